The summed E-state index contributed by atoms with van der Waals surface area (Å²) in [5.41, 5.74) is 1.74. The predicted octanol–water partition coefficient (Wildman–Crippen LogP) is 2.30. The normalized spacial score (nSPS) is 12.2. The van der Waals surface area contributed by atoms with Gasteiger partial charge in [-0.3, -0.25) is 4.79 Å². The number of rotatable bonds is 3. The zero-order valence-electron chi connectivity index (χ0n) is 11.1. The highest BCUT2D eigenvalue weighted by molar-refractivity contribution is 5.91. The van der Waals surface area contributed by atoms with Gasteiger partial charge in [0, 0.05) is 5.69 Å². The van der Waals surface area contributed by atoms with Gasteiger partial charge in [0.2, 0.25) is 12.7 Å². The number of fused-ring (bicyclic) bond motifs is 1. The highest BCUT2D eigenvalue weighted by Crippen LogP contribution is 2.32. The molecule has 0 bridgehead atoms. The van der Waals surface area contributed by atoms with Crippen LogP contribution in [0.15, 0.2) is 36.4 Å². The lowest BCUT2D eigenvalue weighted by Gasteiger charge is -2.06. The van der Waals surface area contributed by atoms with Crippen LogP contribution in [0.3, 0.4) is 0 Å². The van der Waals surface area contributed by atoms with Gasteiger partial charge in [0.1, 0.15) is 5.82 Å². The average molecular weight is 270 g/mol. The van der Waals surface area contributed by atoms with E-state index in [1.807, 2.05) is 37.3 Å². The lowest BCUT2D eigenvalue weighted by molar-refractivity contribution is -0.115. The fourth-order valence-corrected chi connectivity index (χ4v) is 2.04. The van der Waals surface area contributed by atoms with Crippen molar-refractivity contribution >= 4 is 11.7 Å². The molecule has 1 aromatic heterocycles. The predicted molar refractivity (Wildman–Crippen MR) is 73.9 cm³/mol. The van der Waals surface area contributed by atoms with Crippen molar-refractivity contribution in [1.82, 2.24) is 4.98 Å². The lowest BCUT2D eigenvalue weighted by atomic mass is 10.1. The van der Waals surface area contributed by atoms with Gasteiger partial charge < -0.3 is 14.8 Å². The van der Waals surface area contributed by atoms with Gasteiger partial charge in [0.25, 0.3) is 0 Å². The first-order chi connectivity index (χ1) is 9.70. The number of aromatic nitrogens is 1. The summed E-state index contributed by atoms with van der Waals surface area (Å²) in [5, 5.41) is 2.78. The van der Waals surface area contributed by atoms with Crippen LogP contribution in [-0.2, 0) is 11.2 Å². The number of nitrogens with one attached hydrogen (secondary N) is 1. The third-order valence-electron chi connectivity index (χ3n) is 2.96. The van der Waals surface area contributed by atoms with Crippen molar-refractivity contribution in [3.8, 4) is 11.5 Å². The maximum Gasteiger partial charge on any atom is 0.231 e. The molecule has 0 radical (unpaired) electrons. The van der Waals surface area contributed by atoms with Crippen LogP contribution in [0.1, 0.15) is 11.3 Å². The van der Waals surface area contributed by atoms with Crippen LogP contribution in [0, 0.1) is 6.92 Å². The van der Waals surface area contributed by atoms with Gasteiger partial charge in [-0.25, -0.2) is 4.98 Å². The van der Waals surface area contributed by atoms with E-state index in [0.29, 0.717) is 11.6 Å². The Morgan fingerprint density at radius 1 is 1.25 bits per heavy atom. The van der Waals surface area contributed by atoms with Gasteiger partial charge in [-0.05, 0) is 36.8 Å². The highest BCUT2D eigenvalue weighted by Gasteiger charge is 2.14. The monoisotopic (exact) mass is 270 g/mol. The smallest absolute Gasteiger partial charge is 0.231 e. The van der Waals surface area contributed by atoms with E-state index >= 15 is 0 Å². The van der Waals surface area contributed by atoms with E-state index in [1.54, 1.807) is 6.07 Å². The summed E-state index contributed by atoms with van der Waals surface area (Å²) in [7, 11) is 0. The Morgan fingerprint density at radius 3 is 2.95 bits per heavy atom. The van der Waals surface area contributed by atoms with Gasteiger partial charge in [-0.15, -0.1) is 0 Å². The molecule has 2 aromatic rings. The second-order valence-electron chi connectivity index (χ2n) is 4.58. The molecular formula is C15H14N2O3. The number of anilines is 1. The van der Waals surface area contributed by atoms with Crippen molar-refractivity contribution in [1.29, 1.82) is 0 Å². The van der Waals surface area contributed by atoms with E-state index in [1.165, 1.54) is 0 Å². The Hall–Kier alpha value is -2.56. The second kappa shape index (κ2) is 5.21. The minimum absolute atomic E-state index is 0.109. The molecule has 20 heavy (non-hydrogen) atoms. The minimum Gasteiger partial charge on any atom is -0.454 e. The molecule has 1 N–H and O–H groups in total. The molecule has 1 amide bonds. The van der Waals surface area contributed by atoms with Crippen molar-refractivity contribution < 1.29 is 14.3 Å². The van der Waals surface area contributed by atoms with Crippen LogP contribution in [0.2, 0.25) is 0 Å². The summed E-state index contributed by atoms with van der Waals surface area (Å²) in [6.07, 6.45) is 0.270. The zero-order valence-corrected chi connectivity index (χ0v) is 11.1. The van der Waals surface area contributed by atoms with E-state index in [2.05, 4.69) is 10.3 Å². The van der Waals surface area contributed by atoms with E-state index < -0.39 is 0 Å². The molecule has 0 aliphatic carbocycles. The first-order valence-corrected chi connectivity index (χ1v) is 6.33. The molecule has 0 spiro atoms. The number of carbonyl (C=O) groups is 1. The van der Waals surface area contributed by atoms with Crippen molar-refractivity contribution in [2.75, 3.05) is 12.1 Å². The van der Waals surface area contributed by atoms with E-state index in [9.17, 15) is 4.79 Å². The van der Waals surface area contributed by atoms with Crippen LogP contribution >= 0.6 is 0 Å². The van der Waals surface area contributed by atoms with E-state index in [-0.39, 0.29) is 19.1 Å². The third-order valence-corrected chi connectivity index (χ3v) is 2.96. The molecule has 1 aliphatic heterocycles. The molecule has 5 heteroatoms. The number of hydrogen-bond donors (Lipinski definition) is 1. The molecule has 0 unspecified atom stereocenters. The molecule has 102 valence electrons. The summed E-state index contributed by atoms with van der Waals surface area (Å²) < 4.78 is 10.5. The molecule has 0 saturated heterocycles. The number of pyridine rings is 1. The number of ether oxygens (including phenoxy) is 2. The first-order valence-electron chi connectivity index (χ1n) is 6.33. The Morgan fingerprint density at radius 2 is 2.10 bits per heavy atom. The molecule has 0 atom stereocenters. The quantitative estimate of drug-likeness (QED) is 0.929. The van der Waals surface area contributed by atoms with E-state index in [4.69, 9.17) is 9.47 Å². The summed E-state index contributed by atoms with van der Waals surface area (Å²) in [6, 6.07) is 11.0. The minimum atomic E-state index is -0.109. The van der Waals surface area contributed by atoms with Crippen LogP contribution in [0.25, 0.3) is 0 Å². The van der Waals surface area contributed by atoms with Crippen molar-refractivity contribution in [3.63, 3.8) is 0 Å². The SMILES string of the molecule is Cc1cccc(NC(=O)Cc2ccc3c(c2)OCO3)n1. The molecular weight excluding hydrogens is 256 g/mol. The number of hydrogen-bond acceptors (Lipinski definition) is 4. The molecule has 1 aliphatic rings. The van der Waals surface area contributed by atoms with E-state index in [0.717, 1.165) is 17.0 Å². The van der Waals surface area contributed by atoms with Gasteiger partial charge in [0.15, 0.2) is 11.5 Å². The Balaban J connectivity index is 1.67. The van der Waals surface area contributed by atoms with Gasteiger partial charge in [-0.1, -0.05) is 12.1 Å². The number of nitrogens with zero attached hydrogens (tertiary/aromatic N) is 1. The molecule has 2 heterocycles. The maximum atomic E-state index is 12.0. The summed E-state index contributed by atoms with van der Waals surface area (Å²) in [4.78, 5) is 16.2. The van der Waals surface area contributed by atoms with Crippen LogP contribution < -0.4 is 14.8 Å². The summed E-state index contributed by atoms with van der Waals surface area (Å²) >= 11 is 0. The second-order valence-corrected chi connectivity index (χ2v) is 4.58. The summed E-state index contributed by atoms with van der Waals surface area (Å²) in [5.74, 6) is 1.86. The number of carbonyl (C=O) groups excluding carboxylic acids is 1. The van der Waals surface area contributed by atoms with Crippen LogP contribution in [0.4, 0.5) is 5.82 Å². The fraction of sp³-hybridized carbons (Fsp3) is 0.200. The summed E-state index contributed by atoms with van der Waals surface area (Å²) in [6.45, 7) is 2.12. The molecule has 0 saturated carbocycles. The number of benzene rings is 1. The number of aryl methyl sites for hydroxylation is 1. The first kappa shape index (κ1) is 12.5. The lowest BCUT2D eigenvalue weighted by Crippen LogP contribution is -2.15. The van der Waals surface area contributed by atoms with Crippen molar-refractivity contribution in [3.05, 3.63) is 47.7 Å². The topological polar surface area (TPSA) is 60.5 Å². The van der Waals surface area contributed by atoms with Gasteiger partial charge in [0.05, 0.1) is 6.42 Å². The molecule has 3 rings (SSSR count). The highest BCUT2D eigenvalue weighted by atomic mass is 16.7. The maximum absolute atomic E-state index is 12.0. The largest absolute Gasteiger partial charge is 0.454 e. The Bertz CT molecular complexity index is 655. The molecule has 1 aromatic carbocycles. The average Bonchev–Trinajstić information content (AvgIpc) is 2.86. The zero-order chi connectivity index (χ0) is 13.9. The number of amides is 1. The van der Waals surface area contributed by atoms with Crippen molar-refractivity contribution in [2.45, 2.75) is 13.3 Å². The van der Waals surface area contributed by atoms with Crippen LogP contribution in [0.5, 0.6) is 11.5 Å². The standard InChI is InChI=1S/C15H14N2O3/c1-10-3-2-4-14(16-10)17-15(18)8-11-5-6-12-13(7-11)20-9-19-12/h2-7H,8-9H2,1H3,(H,16,17,18). The van der Waals surface area contributed by atoms with Crippen LogP contribution in [-0.4, -0.2) is 17.7 Å². The molecule has 0 fully saturated rings. The Kier molecular flexibility index (Phi) is 3.25. The Labute approximate surface area is 116 Å². The van der Waals surface area contributed by atoms with Gasteiger partial charge in [-0.2, -0.15) is 0 Å². The fourth-order valence-electron chi connectivity index (χ4n) is 2.04. The molecule has 5 nitrogen and oxygen atoms in total. The van der Waals surface area contributed by atoms with Crippen molar-refractivity contribution in [2.24, 2.45) is 0 Å². The van der Waals surface area contributed by atoms with Gasteiger partial charge >= 0.3 is 0 Å². The third kappa shape index (κ3) is 2.71.